The van der Waals surface area contributed by atoms with E-state index in [2.05, 4.69) is 4.72 Å². The Morgan fingerprint density at radius 1 is 1.10 bits per heavy atom. The summed E-state index contributed by atoms with van der Waals surface area (Å²) in [6.07, 6.45) is 0. The Labute approximate surface area is 182 Å². The van der Waals surface area contributed by atoms with E-state index in [9.17, 15) is 21.6 Å². The first kappa shape index (κ1) is 22.9. The Morgan fingerprint density at radius 2 is 1.71 bits per heavy atom. The van der Waals surface area contributed by atoms with Crippen LogP contribution in [0.4, 0.5) is 17.1 Å². The molecule has 2 aromatic carbocycles. The Hall–Kier alpha value is -2.79. The Kier molecular flexibility index (Phi) is 5.70. The van der Waals surface area contributed by atoms with Crippen molar-refractivity contribution < 1.29 is 26.4 Å². The normalized spacial score (nSPS) is 17.5. The van der Waals surface area contributed by atoms with E-state index in [1.807, 2.05) is 19.0 Å². The van der Waals surface area contributed by atoms with Crippen LogP contribution in [0.1, 0.15) is 13.8 Å². The number of carbonyl (C=O) groups is 1. The minimum absolute atomic E-state index is 0.0180. The number of rotatable bonds is 6. The summed E-state index contributed by atoms with van der Waals surface area (Å²) >= 11 is 0. The van der Waals surface area contributed by atoms with Crippen molar-refractivity contribution in [2.75, 3.05) is 40.9 Å². The summed E-state index contributed by atoms with van der Waals surface area (Å²) in [7, 11) is -3.04. The van der Waals surface area contributed by atoms with Gasteiger partial charge < -0.3 is 9.64 Å². The number of carbonyl (C=O) groups excluding carboxylic acids is 1. The zero-order chi connectivity index (χ0) is 23.2. The van der Waals surface area contributed by atoms with Crippen LogP contribution in [-0.2, 0) is 24.8 Å². The van der Waals surface area contributed by atoms with Crippen LogP contribution in [0.5, 0.6) is 5.75 Å². The molecule has 1 heterocycles. The van der Waals surface area contributed by atoms with E-state index >= 15 is 0 Å². The van der Waals surface area contributed by atoms with Crippen LogP contribution in [0, 0.1) is 5.41 Å². The van der Waals surface area contributed by atoms with Crippen LogP contribution >= 0.6 is 0 Å². The molecule has 0 saturated carbocycles. The molecule has 1 saturated heterocycles. The zero-order valence-corrected chi connectivity index (χ0v) is 19.5. The van der Waals surface area contributed by atoms with E-state index in [4.69, 9.17) is 4.74 Å². The Balaban J connectivity index is 2.03. The van der Waals surface area contributed by atoms with Crippen LogP contribution in [0.2, 0.25) is 0 Å². The number of methoxy groups -OCH3 is 1. The predicted molar refractivity (Wildman–Crippen MR) is 120 cm³/mol. The summed E-state index contributed by atoms with van der Waals surface area (Å²) in [4.78, 5) is 14.3. The maximum absolute atomic E-state index is 13.1. The lowest BCUT2D eigenvalue weighted by molar-refractivity contribution is -0.123. The number of hydrogen-bond acceptors (Lipinski definition) is 7. The molecule has 0 radical (unpaired) electrons. The van der Waals surface area contributed by atoms with E-state index < -0.39 is 31.4 Å². The minimum atomic E-state index is -4.15. The number of nitrogens with one attached hydrogen (secondary N) is 1. The maximum atomic E-state index is 13.1. The molecule has 0 atom stereocenters. The lowest BCUT2D eigenvalue weighted by Crippen LogP contribution is -2.33. The molecule has 31 heavy (non-hydrogen) atoms. The highest BCUT2D eigenvalue weighted by atomic mass is 32.2. The van der Waals surface area contributed by atoms with Crippen molar-refractivity contribution in [2.24, 2.45) is 5.41 Å². The van der Waals surface area contributed by atoms with Crippen molar-refractivity contribution in [1.29, 1.82) is 0 Å². The SMILES string of the molecule is COc1ccc(N2C(=O)C(C)(C)CS2(=O)=O)cc1S(=O)(=O)Nc1ccc(N(C)C)cc1. The number of amides is 1. The molecular formula is C20H25N3O6S2. The van der Waals surface area contributed by atoms with Gasteiger partial charge in [-0.3, -0.25) is 9.52 Å². The van der Waals surface area contributed by atoms with Gasteiger partial charge in [0, 0.05) is 25.5 Å². The fourth-order valence-electron chi connectivity index (χ4n) is 3.30. The molecule has 0 spiro atoms. The summed E-state index contributed by atoms with van der Waals surface area (Å²) in [5.41, 5.74) is 0.0520. The molecular weight excluding hydrogens is 442 g/mol. The van der Waals surface area contributed by atoms with Gasteiger partial charge in [0.15, 0.2) is 0 Å². The zero-order valence-electron chi connectivity index (χ0n) is 17.9. The molecule has 1 aliphatic rings. The van der Waals surface area contributed by atoms with Gasteiger partial charge in [-0.2, -0.15) is 0 Å². The van der Waals surface area contributed by atoms with Crippen molar-refractivity contribution in [3.63, 3.8) is 0 Å². The molecule has 0 aromatic heterocycles. The second-order valence-corrected chi connectivity index (χ2v) is 11.6. The minimum Gasteiger partial charge on any atom is -0.495 e. The molecule has 1 aliphatic heterocycles. The number of ether oxygens (including phenoxy) is 1. The molecule has 11 heteroatoms. The van der Waals surface area contributed by atoms with Crippen molar-refractivity contribution >= 4 is 43.0 Å². The first-order valence-electron chi connectivity index (χ1n) is 9.34. The second-order valence-electron chi connectivity index (χ2n) is 8.09. The van der Waals surface area contributed by atoms with Crippen molar-refractivity contribution in [1.82, 2.24) is 0 Å². The molecule has 0 aliphatic carbocycles. The Bertz CT molecular complexity index is 1220. The molecule has 9 nitrogen and oxygen atoms in total. The first-order valence-corrected chi connectivity index (χ1v) is 12.4. The highest BCUT2D eigenvalue weighted by Gasteiger charge is 2.50. The third kappa shape index (κ3) is 4.33. The number of hydrogen-bond donors (Lipinski definition) is 1. The average molecular weight is 468 g/mol. The number of nitrogens with zero attached hydrogens (tertiary/aromatic N) is 2. The molecule has 3 rings (SSSR count). The van der Waals surface area contributed by atoms with Gasteiger partial charge in [-0.15, -0.1) is 0 Å². The highest BCUT2D eigenvalue weighted by Crippen LogP contribution is 2.38. The topological polar surface area (TPSA) is 113 Å². The van der Waals surface area contributed by atoms with Crippen LogP contribution in [0.25, 0.3) is 0 Å². The lowest BCUT2D eigenvalue weighted by Gasteiger charge is -2.19. The summed E-state index contributed by atoms with van der Waals surface area (Å²) in [5.74, 6) is -0.957. The van der Waals surface area contributed by atoms with Gasteiger partial charge in [0.2, 0.25) is 15.9 Å². The van der Waals surface area contributed by atoms with Gasteiger partial charge in [0.05, 0.1) is 24.0 Å². The predicted octanol–water partition coefficient (Wildman–Crippen LogP) is 2.26. The molecule has 1 amide bonds. The lowest BCUT2D eigenvalue weighted by atomic mass is 9.95. The van der Waals surface area contributed by atoms with E-state index in [0.717, 1.165) is 11.8 Å². The smallest absolute Gasteiger partial charge is 0.265 e. The standard InChI is InChI=1S/C20H25N3O6S2/c1-20(2)13-30(25,26)23(19(20)24)16-10-11-17(29-5)18(12-16)31(27,28)21-14-6-8-15(9-7-14)22(3)4/h6-12,21H,13H2,1-5H3. The molecule has 2 aromatic rings. The van der Waals surface area contributed by atoms with Crippen LogP contribution in [0.3, 0.4) is 0 Å². The fraction of sp³-hybridized carbons (Fsp3) is 0.350. The largest absolute Gasteiger partial charge is 0.495 e. The average Bonchev–Trinajstić information content (AvgIpc) is 2.83. The molecule has 0 unspecified atom stereocenters. The highest BCUT2D eigenvalue weighted by molar-refractivity contribution is 7.94. The van der Waals surface area contributed by atoms with Crippen LogP contribution in [0.15, 0.2) is 47.4 Å². The molecule has 1 fully saturated rings. The Morgan fingerprint density at radius 3 is 2.19 bits per heavy atom. The number of benzene rings is 2. The molecule has 168 valence electrons. The third-order valence-electron chi connectivity index (χ3n) is 4.89. The molecule has 0 bridgehead atoms. The van der Waals surface area contributed by atoms with Crippen LogP contribution < -0.4 is 18.7 Å². The molecule has 1 N–H and O–H groups in total. The second kappa shape index (κ2) is 7.72. The van der Waals surface area contributed by atoms with Gasteiger partial charge in [-0.05, 0) is 56.3 Å². The summed E-state index contributed by atoms with van der Waals surface area (Å²) in [6.45, 7) is 3.07. The summed E-state index contributed by atoms with van der Waals surface area (Å²) < 4.78 is 59.6. The van der Waals surface area contributed by atoms with Gasteiger partial charge in [0.1, 0.15) is 10.6 Å². The van der Waals surface area contributed by atoms with Gasteiger partial charge >= 0.3 is 0 Å². The fourth-order valence-corrected chi connectivity index (χ4v) is 6.65. The maximum Gasteiger partial charge on any atom is 0.265 e. The monoisotopic (exact) mass is 467 g/mol. The van der Waals surface area contributed by atoms with Crippen molar-refractivity contribution in [3.8, 4) is 5.75 Å². The number of sulfonamides is 2. The van der Waals surface area contributed by atoms with E-state index in [0.29, 0.717) is 9.99 Å². The van der Waals surface area contributed by atoms with Gasteiger partial charge in [-0.25, -0.2) is 21.1 Å². The van der Waals surface area contributed by atoms with Crippen LogP contribution in [-0.4, -0.2) is 49.7 Å². The number of anilines is 3. The van der Waals surface area contributed by atoms with Crippen molar-refractivity contribution in [3.05, 3.63) is 42.5 Å². The van der Waals surface area contributed by atoms with Gasteiger partial charge in [-0.1, -0.05) is 0 Å². The summed E-state index contributed by atoms with van der Waals surface area (Å²) in [6, 6.07) is 10.5. The summed E-state index contributed by atoms with van der Waals surface area (Å²) in [5, 5.41) is 0. The van der Waals surface area contributed by atoms with E-state index in [1.165, 1.54) is 33.1 Å². The van der Waals surface area contributed by atoms with Crippen molar-refractivity contribution in [2.45, 2.75) is 18.7 Å². The van der Waals surface area contributed by atoms with E-state index in [1.54, 1.807) is 24.3 Å². The quantitative estimate of drug-likeness (QED) is 0.693. The third-order valence-corrected chi connectivity index (χ3v) is 8.31. The van der Waals surface area contributed by atoms with E-state index in [-0.39, 0.29) is 22.1 Å². The first-order chi connectivity index (χ1) is 14.3. The van der Waals surface area contributed by atoms with Gasteiger partial charge in [0.25, 0.3) is 10.0 Å².